The number of amides is 1. The van der Waals surface area contributed by atoms with Gasteiger partial charge in [-0.15, -0.1) is 11.3 Å². The Balaban J connectivity index is 1.59. The lowest BCUT2D eigenvalue weighted by Crippen LogP contribution is -2.48. The second kappa shape index (κ2) is 9.50. The van der Waals surface area contributed by atoms with Gasteiger partial charge < -0.3 is 4.90 Å². The zero-order valence-corrected chi connectivity index (χ0v) is 22.2. The number of rotatable bonds is 4. The Morgan fingerprint density at radius 1 is 1.12 bits per heavy atom. The zero-order valence-electron chi connectivity index (χ0n) is 20.5. The van der Waals surface area contributed by atoms with E-state index in [1.807, 2.05) is 18.7 Å². The predicted octanol–water partition coefficient (Wildman–Crippen LogP) is 5.82. The number of carbonyl (C=O) groups is 1. The molecule has 2 aromatic heterocycles. The van der Waals surface area contributed by atoms with Gasteiger partial charge in [0.05, 0.1) is 16.8 Å². The zero-order chi connectivity index (χ0) is 24.0. The van der Waals surface area contributed by atoms with Crippen molar-refractivity contribution in [2.24, 2.45) is 0 Å². The van der Waals surface area contributed by atoms with E-state index in [0.717, 1.165) is 59.1 Å². The highest BCUT2D eigenvalue weighted by Crippen LogP contribution is 2.36. The van der Waals surface area contributed by atoms with Crippen LogP contribution in [-0.2, 0) is 17.6 Å². The molecule has 2 atom stereocenters. The van der Waals surface area contributed by atoms with Crippen molar-refractivity contribution in [1.29, 1.82) is 0 Å². The SMILES string of the molecule is Cc1ccc(C)c(-n2c(SCC(=O)N3C(C)CCCC3C)nc3sc4c(c3c2=O)CCCC4)c1. The molecule has 0 radical (unpaired) electrons. The van der Waals surface area contributed by atoms with Crippen LogP contribution >= 0.6 is 23.1 Å². The Kier molecular flexibility index (Phi) is 6.60. The summed E-state index contributed by atoms with van der Waals surface area (Å²) < 4.78 is 1.77. The molecule has 0 bridgehead atoms. The largest absolute Gasteiger partial charge is 0.337 e. The van der Waals surface area contributed by atoms with Gasteiger partial charge in [0.2, 0.25) is 5.91 Å². The Morgan fingerprint density at radius 3 is 2.62 bits per heavy atom. The molecule has 1 aliphatic carbocycles. The molecule has 1 aromatic carbocycles. The van der Waals surface area contributed by atoms with E-state index < -0.39 is 0 Å². The number of hydrogen-bond acceptors (Lipinski definition) is 5. The smallest absolute Gasteiger partial charge is 0.267 e. The van der Waals surface area contributed by atoms with E-state index in [-0.39, 0.29) is 23.6 Å². The standard InChI is InChI=1S/C27H33N3O2S2/c1-16-12-13-17(2)21(14-16)30-26(32)24-20-10-5-6-11-22(20)34-25(24)28-27(30)33-15-23(31)29-18(3)8-7-9-19(29)4/h12-14,18-19H,5-11,15H2,1-4H3. The van der Waals surface area contributed by atoms with Gasteiger partial charge in [-0.1, -0.05) is 23.9 Å². The first-order valence-corrected chi connectivity index (χ1v) is 14.2. The second-order valence-corrected chi connectivity index (χ2v) is 12.0. The summed E-state index contributed by atoms with van der Waals surface area (Å²) in [4.78, 5) is 36.5. The molecular formula is C27H33N3O2S2. The van der Waals surface area contributed by atoms with Crippen LogP contribution in [0.25, 0.3) is 15.9 Å². The highest BCUT2D eigenvalue weighted by atomic mass is 32.2. The average molecular weight is 496 g/mol. The minimum absolute atomic E-state index is 0.00718. The molecule has 5 rings (SSSR count). The lowest BCUT2D eigenvalue weighted by atomic mass is 9.97. The fourth-order valence-corrected chi connectivity index (χ4v) is 7.75. The van der Waals surface area contributed by atoms with Crippen molar-refractivity contribution in [2.45, 2.75) is 89.9 Å². The fourth-order valence-electron chi connectivity index (χ4n) is 5.57. The van der Waals surface area contributed by atoms with Gasteiger partial charge in [-0.25, -0.2) is 4.98 Å². The van der Waals surface area contributed by atoms with Crippen LogP contribution in [-0.4, -0.2) is 38.2 Å². The van der Waals surface area contributed by atoms with Crippen LogP contribution < -0.4 is 5.56 Å². The van der Waals surface area contributed by atoms with Crippen LogP contribution in [0.1, 0.15) is 67.5 Å². The van der Waals surface area contributed by atoms with Gasteiger partial charge in [0.1, 0.15) is 4.83 Å². The maximum absolute atomic E-state index is 14.0. The summed E-state index contributed by atoms with van der Waals surface area (Å²) in [6, 6.07) is 6.71. The van der Waals surface area contributed by atoms with Crippen molar-refractivity contribution >= 4 is 39.2 Å². The summed E-state index contributed by atoms with van der Waals surface area (Å²) in [5.41, 5.74) is 4.20. The van der Waals surface area contributed by atoms with Crippen LogP contribution in [0.4, 0.5) is 0 Å². The van der Waals surface area contributed by atoms with Crippen LogP contribution in [0.3, 0.4) is 0 Å². The number of likely N-dealkylation sites (tertiary alicyclic amines) is 1. The van der Waals surface area contributed by atoms with Gasteiger partial charge in [-0.05, 0) is 95.4 Å². The first kappa shape index (κ1) is 23.6. The number of hydrogen-bond donors (Lipinski definition) is 0. The van der Waals surface area contributed by atoms with Crippen LogP contribution in [0, 0.1) is 13.8 Å². The van der Waals surface area contributed by atoms with E-state index in [2.05, 4.69) is 32.0 Å². The second-order valence-electron chi connectivity index (χ2n) is 9.93. The molecular weight excluding hydrogens is 462 g/mol. The van der Waals surface area contributed by atoms with E-state index in [1.54, 1.807) is 15.9 Å². The third kappa shape index (κ3) is 4.22. The molecule has 1 aliphatic heterocycles. The molecule has 0 N–H and O–H groups in total. The minimum Gasteiger partial charge on any atom is -0.337 e. The minimum atomic E-state index is 0.00718. The van der Waals surface area contributed by atoms with Crippen LogP contribution in [0.15, 0.2) is 28.2 Å². The van der Waals surface area contributed by atoms with Crippen molar-refractivity contribution < 1.29 is 4.79 Å². The quantitative estimate of drug-likeness (QED) is 0.338. The molecule has 1 saturated heterocycles. The molecule has 0 spiro atoms. The topological polar surface area (TPSA) is 55.2 Å². The van der Waals surface area contributed by atoms with Gasteiger partial charge in [0, 0.05) is 17.0 Å². The third-order valence-electron chi connectivity index (χ3n) is 7.37. The molecule has 5 nitrogen and oxygen atoms in total. The van der Waals surface area contributed by atoms with Crippen molar-refractivity contribution in [3.63, 3.8) is 0 Å². The van der Waals surface area contributed by atoms with Crippen molar-refractivity contribution in [3.05, 3.63) is 50.1 Å². The van der Waals surface area contributed by atoms with E-state index in [4.69, 9.17) is 4.98 Å². The number of aromatic nitrogens is 2. The van der Waals surface area contributed by atoms with Crippen LogP contribution in [0.5, 0.6) is 0 Å². The summed E-state index contributed by atoms with van der Waals surface area (Å²) in [6.45, 7) is 8.36. The Bertz CT molecular complexity index is 1300. The molecule has 1 fully saturated rings. The predicted molar refractivity (Wildman–Crippen MR) is 142 cm³/mol. The number of benzene rings is 1. The molecule has 2 unspecified atom stereocenters. The first-order chi connectivity index (χ1) is 16.3. The monoisotopic (exact) mass is 495 g/mol. The normalized spacial score (nSPS) is 20.5. The Hall–Kier alpha value is -2.12. The van der Waals surface area contributed by atoms with Crippen molar-refractivity contribution in [2.75, 3.05) is 5.75 Å². The van der Waals surface area contributed by atoms with E-state index in [0.29, 0.717) is 10.9 Å². The van der Waals surface area contributed by atoms with Crippen molar-refractivity contribution in [3.8, 4) is 5.69 Å². The summed E-state index contributed by atoms with van der Waals surface area (Å²) in [5, 5.41) is 1.41. The highest BCUT2D eigenvalue weighted by Gasteiger charge is 2.30. The maximum atomic E-state index is 14.0. The van der Waals surface area contributed by atoms with Gasteiger partial charge >= 0.3 is 0 Å². The average Bonchev–Trinajstić information content (AvgIpc) is 3.18. The summed E-state index contributed by atoms with van der Waals surface area (Å²) in [6.07, 6.45) is 7.57. The third-order valence-corrected chi connectivity index (χ3v) is 9.48. The Labute approximate surface area is 209 Å². The van der Waals surface area contributed by atoms with Gasteiger partial charge in [-0.3, -0.25) is 14.2 Å². The number of carbonyl (C=O) groups excluding carboxylic acids is 1. The highest BCUT2D eigenvalue weighted by molar-refractivity contribution is 7.99. The molecule has 7 heteroatoms. The number of thioether (sulfide) groups is 1. The summed E-state index contributed by atoms with van der Waals surface area (Å²) in [7, 11) is 0. The molecule has 2 aliphatic rings. The number of thiophene rings is 1. The molecule has 3 heterocycles. The van der Waals surface area contributed by atoms with E-state index >= 15 is 0 Å². The lowest BCUT2D eigenvalue weighted by molar-refractivity contribution is -0.134. The summed E-state index contributed by atoms with van der Waals surface area (Å²) >= 11 is 3.07. The summed E-state index contributed by atoms with van der Waals surface area (Å²) in [5.74, 6) is 0.430. The van der Waals surface area contributed by atoms with Crippen molar-refractivity contribution in [1.82, 2.24) is 14.5 Å². The molecule has 1 amide bonds. The molecule has 0 saturated carbocycles. The van der Waals surface area contributed by atoms with E-state index in [9.17, 15) is 9.59 Å². The number of piperidine rings is 1. The van der Waals surface area contributed by atoms with Gasteiger partial charge in [-0.2, -0.15) is 0 Å². The number of aryl methyl sites for hydroxylation is 4. The first-order valence-electron chi connectivity index (χ1n) is 12.4. The molecule has 180 valence electrons. The lowest BCUT2D eigenvalue weighted by Gasteiger charge is -2.39. The maximum Gasteiger partial charge on any atom is 0.267 e. The molecule has 3 aromatic rings. The fraction of sp³-hybridized carbons (Fsp3) is 0.519. The van der Waals surface area contributed by atoms with E-state index in [1.165, 1.54) is 35.0 Å². The number of nitrogens with zero attached hydrogens (tertiary/aromatic N) is 3. The Morgan fingerprint density at radius 2 is 1.85 bits per heavy atom. The van der Waals surface area contributed by atoms with Gasteiger partial charge in [0.15, 0.2) is 5.16 Å². The van der Waals surface area contributed by atoms with Gasteiger partial charge in [0.25, 0.3) is 5.56 Å². The molecule has 34 heavy (non-hydrogen) atoms. The number of fused-ring (bicyclic) bond motifs is 3. The van der Waals surface area contributed by atoms with Crippen LogP contribution in [0.2, 0.25) is 0 Å².